The first-order chi connectivity index (χ1) is 13.1. The highest BCUT2D eigenvalue weighted by atomic mass is 16.6. The van der Waals surface area contributed by atoms with Crippen molar-refractivity contribution in [2.45, 2.75) is 33.3 Å². The van der Waals surface area contributed by atoms with Crippen LogP contribution >= 0.6 is 0 Å². The molecular weight excluding hydrogens is 354 g/mol. The van der Waals surface area contributed by atoms with Gasteiger partial charge in [-0.2, -0.15) is 9.97 Å². The van der Waals surface area contributed by atoms with Gasteiger partial charge >= 0.3 is 5.97 Å². The fourth-order valence-corrected chi connectivity index (χ4v) is 2.69. The van der Waals surface area contributed by atoms with E-state index in [2.05, 4.69) is 15.0 Å². The van der Waals surface area contributed by atoms with Crippen LogP contribution in [0.15, 0.2) is 36.5 Å². The molecule has 1 aromatic carbocycles. The van der Waals surface area contributed by atoms with E-state index in [0.29, 0.717) is 22.4 Å². The number of carbonyl (C=O) groups is 1. The number of nitrogens with zero attached hydrogens (tertiary/aromatic N) is 3. The third-order valence-corrected chi connectivity index (χ3v) is 3.98. The third kappa shape index (κ3) is 4.43. The first-order valence-electron chi connectivity index (χ1n) is 8.83. The topological polar surface area (TPSA) is 117 Å². The Morgan fingerprint density at radius 2 is 1.71 bits per heavy atom. The minimum Gasteiger partial charge on any atom is -0.456 e. The molecule has 4 N–H and O–H groups in total. The Balaban J connectivity index is 1.85. The molecule has 0 atom stereocenters. The summed E-state index contributed by atoms with van der Waals surface area (Å²) in [7, 11) is 0. The zero-order valence-corrected chi connectivity index (χ0v) is 16.4. The van der Waals surface area contributed by atoms with Crippen LogP contribution in [0.1, 0.15) is 49.2 Å². The summed E-state index contributed by atoms with van der Waals surface area (Å²) in [5.41, 5.74) is 14.8. The summed E-state index contributed by atoms with van der Waals surface area (Å²) >= 11 is 0. The molecule has 7 nitrogen and oxygen atoms in total. The Morgan fingerprint density at radius 1 is 1.07 bits per heavy atom. The van der Waals surface area contributed by atoms with E-state index in [1.54, 1.807) is 18.3 Å². The lowest BCUT2D eigenvalue weighted by Gasteiger charge is -2.19. The van der Waals surface area contributed by atoms with Gasteiger partial charge in [0.25, 0.3) is 0 Å². The smallest absolute Gasteiger partial charge is 0.338 e. The molecule has 3 aromatic rings. The predicted octanol–water partition coefficient (Wildman–Crippen LogP) is 3.71. The van der Waals surface area contributed by atoms with E-state index in [-0.39, 0.29) is 11.9 Å². The minimum atomic E-state index is -0.523. The molecule has 0 spiro atoms. The number of hydrogen-bond acceptors (Lipinski definition) is 7. The first kappa shape index (κ1) is 19.3. The van der Waals surface area contributed by atoms with Crippen LogP contribution in [0.4, 0.5) is 11.8 Å². The van der Waals surface area contributed by atoms with Gasteiger partial charge in [0.1, 0.15) is 11.4 Å². The van der Waals surface area contributed by atoms with Gasteiger partial charge in [0.05, 0.1) is 10.9 Å². The maximum atomic E-state index is 12.1. The fraction of sp³-hybridized carbons (Fsp3) is 0.238. The molecule has 0 aliphatic carbocycles. The Bertz CT molecular complexity index is 1070. The number of ether oxygens (including phenoxy) is 1. The number of esters is 1. The molecule has 0 bridgehead atoms. The number of allylic oxidation sites excluding steroid dienone is 1. The average Bonchev–Trinajstić information content (AvgIpc) is 2.61. The summed E-state index contributed by atoms with van der Waals surface area (Å²) in [4.78, 5) is 24.5. The van der Waals surface area contributed by atoms with Crippen molar-refractivity contribution in [3.05, 3.63) is 53.2 Å². The number of aromatic nitrogens is 3. The molecule has 0 fully saturated rings. The zero-order valence-electron chi connectivity index (χ0n) is 16.4. The quantitative estimate of drug-likeness (QED) is 0.668. The van der Waals surface area contributed by atoms with E-state index in [1.807, 2.05) is 52.0 Å². The maximum Gasteiger partial charge on any atom is 0.338 e. The first-order valence-corrected chi connectivity index (χ1v) is 8.83. The van der Waals surface area contributed by atoms with Crippen molar-refractivity contribution >= 4 is 40.4 Å². The summed E-state index contributed by atoms with van der Waals surface area (Å²) in [6, 6.07) is 9.16. The summed E-state index contributed by atoms with van der Waals surface area (Å²) in [6.45, 7) is 7.51. The lowest BCUT2D eigenvalue weighted by atomic mass is 10.0. The number of anilines is 2. The van der Waals surface area contributed by atoms with Crippen LogP contribution in [0.25, 0.3) is 22.7 Å². The summed E-state index contributed by atoms with van der Waals surface area (Å²) in [5.74, 6) is 0.0563. The van der Waals surface area contributed by atoms with Gasteiger partial charge in [-0.1, -0.05) is 12.1 Å². The molecule has 3 rings (SSSR count). The van der Waals surface area contributed by atoms with Crippen LogP contribution < -0.4 is 11.5 Å². The van der Waals surface area contributed by atoms with Crippen LogP contribution in [0.3, 0.4) is 0 Å². The molecule has 144 valence electrons. The zero-order chi connectivity index (χ0) is 20.5. The Kier molecular flexibility index (Phi) is 5.00. The summed E-state index contributed by atoms with van der Waals surface area (Å²) in [5, 5.41) is 0.649. The van der Waals surface area contributed by atoms with E-state index in [4.69, 9.17) is 16.2 Å². The molecule has 0 unspecified atom stereocenters. The van der Waals surface area contributed by atoms with Crippen LogP contribution in [-0.4, -0.2) is 26.5 Å². The van der Waals surface area contributed by atoms with Crippen molar-refractivity contribution in [2.24, 2.45) is 0 Å². The standard InChI is InChI=1S/C21H23N5O2/c1-12(14-5-7-15(8-6-14)19(27)28-21(2,3)4)9-13-10-16-17(22)25-20(23)26-18(16)24-11-13/h5-11H,1-4H3,(H4,22,23,24,25,26)/b12-9+. The molecular formula is C21H23N5O2. The van der Waals surface area contributed by atoms with Crippen molar-refractivity contribution < 1.29 is 9.53 Å². The molecule has 0 aliphatic rings. The predicted molar refractivity (Wildman–Crippen MR) is 111 cm³/mol. The second kappa shape index (κ2) is 7.26. The monoisotopic (exact) mass is 377 g/mol. The van der Waals surface area contributed by atoms with Gasteiger partial charge in [0.15, 0.2) is 5.65 Å². The molecule has 0 saturated heterocycles. The van der Waals surface area contributed by atoms with Crippen molar-refractivity contribution in [1.82, 2.24) is 15.0 Å². The molecule has 0 aliphatic heterocycles. The van der Waals surface area contributed by atoms with Crippen molar-refractivity contribution in [2.75, 3.05) is 11.5 Å². The third-order valence-electron chi connectivity index (χ3n) is 3.98. The summed E-state index contributed by atoms with van der Waals surface area (Å²) in [6.07, 6.45) is 3.68. The molecule has 2 heterocycles. The van der Waals surface area contributed by atoms with E-state index in [1.165, 1.54) is 0 Å². The van der Waals surface area contributed by atoms with E-state index in [0.717, 1.165) is 16.7 Å². The number of nitrogen functional groups attached to an aromatic ring is 2. The highest BCUT2D eigenvalue weighted by molar-refractivity contribution is 5.92. The molecule has 0 saturated carbocycles. The van der Waals surface area contributed by atoms with Gasteiger partial charge in [-0.15, -0.1) is 0 Å². The Labute approximate surface area is 163 Å². The highest BCUT2D eigenvalue weighted by Crippen LogP contribution is 2.23. The second-order valence-electron chi connectivity index (χ2n) is 7.51. The van der Waals surface area contributed by atoms with E-state index in [9.17, 15) is 4.79 Å². The van der Waals surface area contributed by atoms with E-state index < -0.39 is 5.60 Å². The lowest BCUT2D eigenvalue weighted by Crippen LogP contribution is -2.23. The van der Waals surface area contributed by atoms with Crippen LogP contribution in [0.2, 0.25) is 0 Å². The Hall–Kier alpha value is -3.48. The molecule has 0 amide bonds. The van der Waals surface area contributed by atoms with Gasteiger partial charge in [0.2, 0.25) is 5.95 Å². The minimum absolute atomic E-state index is 0.0991. The van der Waals surface area contributed by atoms with Crippen LogP contribution in [-0.2, 0) is 4.74 Å². The second-order valence-corrected chi connectivity index (χ2v) is 7.51. The number of carbonyl (C=O) groups excluding carboxylic acids is 1. The summed E-state index contributed by atoms with van der Waals surface area (Å²) < 4.78 is 5.39. The number of benzene rings is 1. The van der Waals surface area contributed by atoms with Gasteiger partial charge in [0, 0.05) is 6.20 Å². The SMILES string of the molecule is C/C(=C\c1cnc2nc(N)nc(N)c2c1)c1ccc(C(=O)OC(C)(C)C)cc1. The molecule has 28 heavy (non-hydrogen) atoms. The van der Waals surface area contributed by atoms with Gasteiger partial charge < -0.3 is 16.2 Å². The van der Waals surface area contributed by atoms with Gasteiger partial charge in [-0.3, -0.25) is 0 Å². The lowest BCUT2D eigenvalue weighted by molar-refractivity contribution is 0.00695. The number of fused-ring (bicyclic) bond motifs is 1. The average molecular weight is 377 g/mol. The Morgan fingerprint density at radius 3 is 2.36 bits per heavy atom. The number of hydrogen-bond donors (Lipinski definition) is 2. The van der Waals surface area contributed by atoms with Crippen molar-refractivity contribution in [1.29, 1.82) is 0 Å². The highest BCUT2D eigenvalue weighted by Gasteiger charge is 2.17. The molecule has 0 radical (unpaired) electrons. The number of nitrogens with two attached hydrogens (primary N) is 2. The normalized spacial score (nSPS) is 12.2. The molecule has 7 heteroatoms. The van der Waals surface area contributed by atoms with E-state index >= 15 is 0 Å². The van der Waals surface area contributed by atoms with Crippen LogP contribution in [0, 0.1) is 0 Å². The van der Waals surface area contributed by atoms with Crippen molar-refractivity contribution in [3.8, 4) is 0 Å². The maximum absolute atomic E-state index is 12.1. The fourth-order valence-electron chi connectivity index (χ4n) is 2.69. The number of rotatable bonds is 3. The largest absolute Gasteiger partial charge is 0.456 e. The van der Waals surface area contributed by atoms with Crippen LogP contribution in [0.5, 0.6) is 0 Å². The molecule has 2 aromatic heterocycles. The van der Waals surface area contributed by atoms with Crippen molar-refractivity contribution in [3.63, 3.8) is 0 Å². The van der Waals surface area contributed by atoms with Gasteiger partial charge in [-0.25, -0.2) is 9.78 Å². The van der Waals surface area contributed by atoms with Gasteiger partial charge in [-0.05, 0) is 68.7 Å². The number of pyridine rings is 1.